The van der Waals surface area contributed by atoms with Gasteiger partial charge in [-0.3, -0.25) is 4.90 Å². The van der Waals surface area contributed by atoms with Crippen molar-refractivity contribution < 1.29 is 10.2 Å². The van der Waals surface area contributed by atoms with Crippen molar-refractivity contribution in [3.8, 4) is 0 Å². The van der Waals surface area contributed by atoms with Crippen molar-refractivity contribution in [1.82, 2.24) is 4.90 Å². The minimum atomic E-state index is -0.377. The van der Waals surface area contributed by atoms with Gasteiger partial charge in [0, 0.05) is 19.6 Å². The first-order valence-electron chi connectivity index (χ1n) is 6.12. The average Bonchev–Trinajstić information content (AvgIpc) is 2.19. The van der Waals surface area contributed by atoms with E-state index in [4.69, 9.17) is 0 Å². The molecule has 0 aliphatic carbocycles. The van der Waals surface area contributed by atoms with Gasteiger partial charge in [0.1, 0.15) is 0 Å². The molecule has 0 amide bonds. The Hall–Kier alpha value is -0.900. The van der Waals surface area contributed by atoms with Crippen LogP contribution in [-0.4, -0.2) is 40.4 Å². The van der Waals surface area contributed by atoms with E-state index in [1.54, 1.807) is 13.8 Å². The van der Waals surface area contributed by atoms with Crippen LogP contribution in [0.15, 0.2) is 24.3 Å². The zero-order chi connectivity index (χ0) is 12.8. The fraction of sp³-hybridized carbons (Fsp3) is 0.571. The fourth-order valence-electron chi connectivity index (χ4n) is 1.98. The normalized spacial score (nSPS) is 14.9. The van der Waals surface area contributed by atoms with Gasteiger partial charge in [0.15, 0.2) is 0 Å². The van der Waals surface area contributed by atoms with Gasteiger partial charge in [0.05, 0.1) is 12.2 Å². The Morgan fingerprint density at radius 2 is 1.59 bits per heavy atom. The Labute approximate surface area is 104 Å². The number of aliphatic hydroxyl groups excluding tert-OH is 2. The van der Waals surface area contributed by atoms with E-state index >= 15 is 0 Å². The molecule has 3 nitrogen and oxygen atoms in total. The summed E-state index contributed by atoms with van der Waals surface area (Å²) in [5.74, 6) is 0. The highest BCUT2D eigenvalue weighted by atomic mass is 16.3. The van der Waals surface area contributed by atoms with Crippen LogP contribution in [-0.2, 0) is 6.54 Å². The predicted molar refractivity (Wildman–Crippen MR) is 69.8 cm³/mol. The van der Waals surface area contributed by atoms with Crippen LogP contribution in [0.4, 0.5) is 0 Å². The fourth-order valence-corrected chi connectivity index (χ4v) is 1.98. The second-order valence-electron chi connectivity index (χ2n) is 4.82. The zero-order valence-electron chi connectivity index (χ0n) is 10.9. The van der Waals surface area contributed by atoms with Crippen molar-refractivity contribution in [3.63, 3.8) is 0 Å². The number of hydrogen-bond acceptors (Lipinski definition) is 3. The molecule has 0 bridgehead atoms. The zero-order valence-corrected chi connectivity index (χ0v) is 10.9. The van der Waals surface area contributed by atoms with Crippen LogP contribution in [0.25, 0.3) is 0 Å². The Bertz CT molecular complexity index is 327. The highest BCUT2D eigenvalue weighted by molar-refractivity contribution is 5.25. The van der Waals surface area contributed by atoms with Crippen LogP contribution >= 0.6 is 0 Å². The Morgan fingerprint density at radius 3 is 2.06 bits per heavy atom. The van der Waals surface area contributed by atoms with Gasteiger partial charge >= 0.3 is 0 Å². The third-order valence-electron chi connectivity index (χ3n) is 2.70. The van der Waals surface area contributed by atoms with Gasteiger partial charge in [-0.2, -0.15) is 0 Å². The van der Waals surface area contributed by atoms with Crippen LogP contribution in [0, 0.1) is 6.92 Å². The van der Waals surface area contributed by atoms with Crippen molar-refractivity contribution >= 4 is 0 Å². The van der Waals surface area contributed by atoms with E-state index in [1.807, 2.05) is 12.1 Å². The highest BCUT2D eigenvalue weighted by Crippen LogP contribution is 2.11. The molecular weight excluding hydrogens is 214 g/mol. The minimum absolute atomic E-state index is 0.377. The molecule has 0 fully saturated rings. The molecule has 0 unspecified atom stereocenters. The molecule has 17 heavy (non-hydrogen) atoms. The summed E-state index contributed by atoms with van der Waals surface area (Å²) < 4.78 is 0. The third kappa shape index (κ3) is 5.31. The molecule has 0 spiro atoms. The summed E-state index contributed by atoms with van der Waals surface area (Å²) in [6.07, 6.45) is -0.754. The summed E-state index contributed by atoms with van der Waals surface area (Å²) >= 11 is 0. The van der Waals surface area contributed by atoms with Gasteiger partial charge in [-0.15, -0.1) is 0 Å². The number of rotatable bonds is 6. The summed E-state index contributed by atoms with van der Waals surface area (Å²) in [4.78, 5) is 2.08. The van der Waals surface area contributed by atoms with Gasteiger partial charge in [-0.25, -0.2) is 0 Å². The summed E-state index contributed by atoms with van der Waals surface area (Å²) in [5.41, 5.74) is 2.49. The first-order chi connectivity index (χ1) is 7.99. The predicted octanol–water partition coefficient (Wildman–Crippen LogP) is 1.56. The second-order valence-corrected chi connectivity index (χ2v) is 4.82. The van der Waals surface area contributed by atoms with Crippen LogP contribution in [0.5, 0.6) is 0 Å². The minimum Gasteiger partial charge on any atom is -0.392 e. The molecule has 0 aromatic heterocycles. The quantitative estimate of drug-likeness (QED) is 0.789. The SMILES string of the molecule is Cc1ccccc1CN(C[C@@H](C)O)C[C@@H](C)O. The summed E-state index contributed by atoms with van der Waals surface area (Å²) in [6.45, 7) is 7.55. The Morgan fingerprint density at radius 1 is 1.06 bits per heavy atom. The lowest BCUT2D eigenvalue weighted by molar-refractivity contribution is 0.0793. The molecule has 0 saturated carbocycles. The number of aliphatic hydroxyl groups is 2. The van der Waals surface area contributed by atoms with Crippen molar-refractivity contribution in [1.29, 1.82) is 0 Å². The lowest BCUT2D eigenvalue weighted by atomic mass is 10.1. The number of hydrogen-bond donors (Lipinski definition) is 2. The van der Waals surface area contributed by atoms with Crippen molar-refractivity contribution in [2.75, 3.05) is 13.1 Å². The van der Waals surface area contributed by atoms with Gasteiger partial charge in [-0.1, -0.05) is 24.3 Å². The van der Waals surface area contributed by atoms with Crippen LogP contribution in [0.1, 0.15) is 25.0 Å². The smallest absolute Gasteiger partial charge is 0.0639 e. The average molecular weight is 237 g/mol. The van der Waals surface area contributed by atoms with E-state index in [0.29, 0.717) is 13.1 Å². The molecule has 0 heterocycles. The summed E-state index contributed by atoms with van der Waals surface area (Å²) in [6, 6.07) is 8.21. The molecule has 3 heteroatoms. The van der Waals surface area contributed by atoms with Crippen molar-refractivity contribution in [2.45, 2.75) is 39.5 Å². The second kappa shape index (κ2) is 6.74. The summed E-state index contributed by atoms with van der Waals surface area (Å²) in [5, 5.41) is 18.9. The van der Waals surface area contributed by atoms with E-state index in [2.05, 4.69) is 24.0 Å². The molecule has 0 radical (unpaired) electrons. The molecule has 2 N–H and O–H groups in total. The van der Waals surface area contributed by atoms with Gasteiger partial charge < -0.3 is 10.2 Å². The van der Waals surface area contributed by atoms with E-state index in [-0.39, 0.29) is 12.2 Å². The van der Waals surface area contributed by atoms with Gasteiger partial charge in [-0.05, 0) is 31.9 Å². The monoisotopic (exact) mass is 237 g/mol. The molecule has 0 saturated heterocycles. The summed E-state index contributed by atoms with van der Waals surface area (Å²) in [7, 11) is 0. The molecular formula is C14H23NO2. The number of aryl methyl sites for hydroxylation is 1. The molecule has 0 aliphatic heterocycles. The van der Waals surface area contributed by atoms with Crippen LogP contribution < -0.4 is 0 Å². The van der Waals surface area contributed by atoms with Crippen LogP contribution in [0.3, 0.4) is 0 Å². The third-order valence-corrected chi connectivity index (χ3v) is 2.70. The lowest BCUT2D eigenvalue weighted by Gasteiger charge is -2.25. The van der Waals surface area contributed by atoms with E-state index in [9.17, 15) is 10.2 Å². The Balaban J connectivity index is 2.68. The van der Waals surface area contributed by atoms with Gasteiger partial charge in [0.25, 0.3) is 0 Å². The number of benzene rings is 1. The maximum Gasteiger partial charge on any atom is 0.0639 e. The molecule has 1 aromatic carbocycles. The van der Waals surface area contributed by atoms with E-state index in [0.717, 1.165) is 6.54 Å². The molecule has 96 valence electrons. The molecule has 0 aliphatic rings. The van der Waals surface area contributed by atoms with Crippen LogP contribution in [0.2, 0.25) is 0 Å². The van der Waals surface area contributed by atoms with Gasteiger partial charge in [0.2, 0.25) is 0 Å². The Kier molecular flexibility index (Phi) is 5.62. The van der Waals surface area contributed by atoms with E-state index < -0.39 is 0 Å². The number of nitrogens with zero attached hydrogens (tertiary/aromatic N) is 1. The lowest BCUT2D eigenvalue weighted by Crippen LogP contribution is -2.36. The molecule has 1 rings (SSSR count). The van der Waals surface area contributed by atoms with E-state index in [1.165, 1.54) is 11.1 Å². The molecule has 1 aromatic rings. The van der Waals surface area contributed by atoms with Crippen molar-refractivity contribution in [3.05, 3.63) is 35.4 Å². The largest absolute Gasteiger partial charge is 0.392 e. The first-order valence-corrected chi connectivity index (χ1v) is 6.12. The topological polar surface area (TPSA) is 43.7 Å². The maximum absolute atomic E-state index is 9.46. The standard InChI is InChI=1S/C14H23NO2/c1-11-6-4-5-7-14(11)10-15(8-12(2)16)9-13(3)17/h4-7,12-13,16-17H,8-10H2,1-3H3/t12-,13-/m1/s1. The maximum atomic E-state index is 9.46. The molecule has 2 atom stereocenters. The highest BCUT2D eigenvalue weighted by Gasteiger charge is 2.12. The first kappa shape index (κ1) is 14.2. The van der Waals surface area contributed by atoms with Crippen molar-refractivity contribution in [2.24, 2.45) is 0 Å².